The van der Waals surface area contributed by atoms with Gasteiger partial charge in [-0.3, -0.25) is 4.79 Å². The van der Waals surface area contributed by atoms with Gasteiger partial charge in [0.25, 0.3) is 5.91 Å². The molecule has 3 aliphatic rings. The second kappa shape index (κ2) is 26.8. The Bertz CT molecular complexity index is 2500. The second-order valence-corrected chi connectivity index (χ2v) is 28.0. The predicted molar refractivity (Wildman–Crippen MR) is 327 cm³/mol. The molecule has 2 atom stereocenters. The number of nitrogens with zero attached hydrogens (tertiary/aromatic N) is 2. The summed E-state index contributed by atoms with van der Waals surface area (Å²) in [5, 5.41) is 0. The Morgan fingerprint density at radius 3 is 1.53 bits per heavy atom. The fraction of sp³-hybridized carbons (Fsp3) is 0.638. The molecule has 0 fully saturated rings. The van der Waals surface area contributed by atoms with E-state index in [0.29, 0.717) is 11.8 Å². The molecule has 1 amide bonds. The molecule has 2 aromatic carbocycles. The molecule has 2 aliphatic heterocycles. The Morgan fingerprint density at radius 1 is 0.514 bits per heavy atom. The Morgan fingerprint density at radius 2 is 0.986 bits per heavy atom. The van der Waals surface area contributed by atoms with Crippen molar-refractivity contribution in [1.29, 1.82) is 0 Å². The molecule has 7 rings (SSSR count). The Kier molecular flexibility index (Phi) is 21.1. The van der Waals surface area contributed by atoms with E-state index in [9.17, 15) is 0 Å². The van der Waals surface area contributed by atoms with Gasteiger partial charge in [0.15, 0.2) is 0 Å². The van der Waals surface area contributed by atoms with E-state index >= 15 is 4.79 Å². The first-order valence-corrected chi connectivity index (χ1v) is 32.2. The molecule has 0 bridgehead atoms. The molecule has 4 aromatic rings. The zero-order chi connectivity index (χ0) is 53.0. The summed E-state index contributed by atoms with van der Waals surface area (Å²) in [6.45, 7) is 30.8. The van der Waals surface area contributed by atoms with Crippen LogP contribution < -0.4 is 0 Å². The zero-order valence-electron chi connectivity index (χ0n) is 49.1. The highest BCUT2D eigenvalue weighted by Gasteiger charge is 2.46. The lowest BCUT2D eigenvalue weighted by Gasteiger charge is -2.30. The van der Waals surface area contributed by atoms with Gasteiger partial charge in [0.1, 0.15) is 0 Å². The first-order chi connectivity index (χ1) is 35.5. The highest BCUT2D eigenvalue weighted by molar-refractivity contribution is 7.16. The molecule has 74 heavy (non-hydrogen) atoms. The highest BCUT2D eigenvalue weighted by Crippen LogP contribution is 2.53. The van der Waals surface area contributed by atoms with Crippen molar-refractivity contribution in [3.8, 4) is 21.6 Å². The number of carbonyl (C=O) groups excluding carboxylic acids is 1. The first kappa shape index (κ1) is 58.3. The monoisotopic (exact) mass is 1040 g/mol. The van der Waals surface area contributed by atoms with Gasteiger partial charge >= 0.3 is 0 Å². The number of hydrogen-bond donors (Lipinski definition) is 0. The van der Waals surface area contributed by atoms with Crippen molar-refractivity contribution in [2.24, 2.45) is 11.8 Å². The van der Waals surface area contributed by atoms with Gasteiger partial charge in [-0.05, 0) is 112 Å². The van der Waals surface area contributed by atoms with Gasteiger partial charge in [-0.25, -0.2) is 0 Å². The molecular formula is C69H102N2OS2. The second-order valence-electron chi connectivity index (χ2n) is 25.9. The summed E-state index contributed by atoms with van der Waals surface area (Å²) < 4.78 is 0. The fourth-order valence-electron chi connectivity index (χ4n) is 12.6. The first-order valence-electron chi connectivity index (χ1n) is 30.6. The summed E-state index contributed by atoms with van der Waals surface area (Å²) in [4.78, 5) is 26.3. The maximum absolute atomic E-state index is 16.0. The Labute approximate surface area is 461 Å². The number of thiophene rings is 2. The van der Waals surface area contributed by atoms with Crippen LogP contribution in [0.15, 0.2) is 71.8 Å². The smallest absolute Gasteiger partial charge is 0.260 e. The summed E-state index contributed by atoms with van der Waals surface area (Å²) in [6.07, 6.45) is 31.2. The lowest BCUT2D eigenvalue weighted by atomic mass is 9.79. The number of unbranched alkanes of at least 4 members (excludes halogenated alkanes) is 16. The molecule has 0 radical (unpaired) electrons. The zero-order valence-corrected chi connectivity index (χ0v) is 50.8. The van der Waals surface area contributed by atoms with E-state index in [-0.39, 0.29) is 22.2 Å². The Balaban J connectivity index is 1.30. The number of rotatable bonds is 31. The number of benzene rings is 2. The molecular weight excluding hydrogens is 937 g/mol. The van der Waals surface area contributed by atoms with Crippen molar-refractivity contribution in [2.75, 3.05) is 19.6 Å². The quantitative estimate of drug-likeness (QED) is 0.0469. The van der Waals surface area contributed by atoms with E-state index in [4.69, 9.17) is 0 Å². The van der Waals surface area contributed by atoms with Gasteiger partial charge in [-0.2, -0.15) is 0 Å². The highest BCUT2D eigenvalue weighted by atomic mass is 32.1. The normalized spacial score (nSPS) is 16.2. The number of carbonyl (C=O) groups is 1. The van der Waals surface area contributed by atoms with Gasteiger partial charge < -0.3 is 9.80 Å². The van der Waals surface area contributed by atoms with Gasteiger partial charge in [0, 0.05) is 40.4 Å². The van der Waals surface area contributed by atoms with Crippen LogP contribution in [0, 0.1) is 11.8 Å². The van der Waals surface area contributed by atoms with Crippen molar-refractivity contribution in [3.05, 3.63) is 103 Å². The summed E-state index contributed by atoms with van der Waals surface area (Å²) in [7, 11) is 0. The molecule has 0 saturated heterocycles. The fourth-order valence-corrected chi connectivity index (χ4v) is 14.8. The minimum atomic E-state index is -0.0929. The van der Waals surface area contributed by atoms with Crippen molar-refractivity contribution < 1.29 is 4.79 Å². The molecule has 5 heteroatoms. The standard InChI is InChI=1S/C69H102N2OS2/c1-13-17-21-25-27-31-34-50(33-29-23-19-15-3)47-70-49-56-63(65(70)61-43-44-62(74-61)68(8,9)10)66(72)71(48-51(35-30-24-20-16-4)36-32-28-26-22-18-14-2)64(56)60-42-41-59(73-60)52-37-39-54-55-40-38-53(67(5,6)7)46-58(55)69(11,12)57(54)45-52/h37-46,50-51H,13-36,47-49H2,1-12H3. The molecule has 1 aliphatic carbocycles. The third kappa shape index (κ3) is 14.2. The third-order valence-electron chi connectivity index (χ3n) is 17.2. The number of amides is 1. The van der Waals surface area contributed by atoms with Gasteiger partial charge in [0.05, 0.1) is 26.7 Å². The van der Waals surface area contributed by atoms with Crippen LogP contribution in [-0.4, -0.2) is 35.3 Å². The van der Waals surface area contributed by atoms with Gasteiger partial charge in [-0.15, -0.1) is 22.7 Å². The summed E-state index contributed by atoms with van der Waals surface area (Å²) in [5.41, 5.74) is 13.1. The van der Waals surface area contributed by atoms with Gasteiger partial charge in [-0.1, -0.05) is 242 Å². The van der Waals surface area contributed by atoms with Crippen LogP contribution in [0.2, 0.25) is 0 Å². The minimum absolute atomic E-state index is 0.0482. The maximum Gasteiger partial charge on any atom is 0.260 e. The van der Waals surface area contributed by atoms with E-state index < -0.39 is 0 Å². The molecule has 3 nitrogen and oxygen atoms in total. The van der Waals surface area contributed by atoms with Crippen LogP contribution in [0.25, 0.3) is 33.0 Å². The average molecular weight is 1040 g/mol. The molecule has 0 spiro atoms. The summed E-state index contributed by atoms with van der Waals surface area (Å²) in [5.74, 6) is 1.38. The van der Waals surface area contributed by atoms with Crippen LogP contribution >= 0.6 is 22.7 Å². The molecule has 2 unspecified atom stereocenters. The molecule has 0 N–H and O–H groups in total. The average Bonchev–Trinajstić information content (AvgIpc) is 4.21. The van der Waals surface area contributed by atoms with Crippen molar-refractivity contribution in [3.63, 3.8) is 0 Å². The lowest BCUT2D eigenvalue weighted by molar-refractivity contribution is -0.123. The molecule has 406 valence electrons. The van der Waals surface area contributed by atoms with E-state index in [0.717, 1.165) is 25.2 Å². The topological polar surface area (TPSA) is 23.6 Å². The summed E-state index contributed by atoms with van der Waals surface area (Å²) >= 11 is 3.86. The van der Waals surface area contributed by atoms with Crippen LogP contribution in [0.1, 0.15) is 269 Å². The van der Waals surface area contributed by atoms with E-state index in [1.807, 2.05) is 22.7 Å². The van der Waals surface area contributed by atoms with Crippen molar-refractivity contribution in [1.82, 2.24) is 9.80 Å². The lowest BCUT2D eigenvalue weighted by Crippen LogP contribution is -2.33. The number of fused-ring (bicyclic) bond motifs is 4. The number of hydrogen-bond acceptors (Lipinski definition) is 4. The van der Waals surface area contributed by atoms with E-state index in [1.165, 1.54) is 224 Å². The minimum Gasteiger partial charge on any atom is -0.365 e. The van der Waals surface area contributed by atoms with Gasteiger partial charge in [0.2, 0.25) is 0 Å². The molecule has 4 heterocycles. The van der Waals surface area contributed by atoms with Crippen LogP contribution in [0.4, 0.5) is 0 Å². The Hall–Kier alpha value is -3.41. The maximum atomic E-state index is 16.0. The largest absolute Gasteiger partial charge is 0.365 e. The van der Waals surface area contributed by atoms with Crippen molar-refractivity contribution >= 4 is 40.0 Å². The van der Waals surface area contributed by atoms with Crippen LogP contribution in [0.5, 0.6) is 0 Å². The van der Waals surface area contributed by atoms with Crippen molar-refractivity contribution in [2.45, 2.75) is 253 Å². The summed E-state index contributed by atoms with van der Waals surface area (Å²) in [6, 6.07) is 24.0. The van der Waals surface area contributed by atoms with E-state index in [2.05, 4.69) is 154 Å². The molecule has 0 saturated carbocycles. The van der Waals surface area contributed by atoms with E-state index in [1.54, 1.807) is 0 Å². The van der Waals surface area contributed by atoms with Crippen LogP contribution in [0.3, 0.4) is 0 Å². The predicted octanol–water partition coefficient (Wildman–Crippen LogP) is 21.3. The van der Waals surface area contributed by atoms with Crippen LogP contribution in [-0.2, 0) is 21.0 Å². The SMILES string of the molecule is CCCCCCCCC(CCCCCC)CN1CC2=C(c3ccc(-c4ccc5c(c4)C(C)(C)c4cc(C(C)(C)C)ccc4-5)s3)N(CC(CCCCCC)CCCCCCCC)C(=O)C2=C1c1ccc(C(C)(C)C)s1. The third-order valence-corrected chi connectivity index (χ3v) is 19.9. The molecule has 2 aromatic heterocycles.